The van der Waals surface area contributed by atoms with Crippen LogP contribution < -0.4 is 5.32 Å². The van der Waals surface area contributed by atoms with Gasteiger partial charge in [0.15, 0.2) is 0 Å². The van der Waals surface area contributed by atoms with E-state index in [1.165, 1.54) is 37.7 Å². The van der Waals surface area contributed by atoms with Crippen LogP contribution in [0.3, 0.4) is 0 Å². The molecule has 0 unspecified atom stereocenters. The summed E-state index contributed by atoms with van der Waals surface area (Å²) in [5.74, 6) is 0.790. The van der Waals surface area contributed by atoms with Crippen LogP contribution in [0.2, 0.25) is 0 Å². The number of benzene rings is 1. The van der Waals surface area contributed by atoms with Gasteiger partial charge in [-0.25, -0.2) is 0 Å². The predicted molar refractivity (Wildman–Crippen MR) is 82.1 cm³/mol. The molecule has 2 rings (SSSR count). The van der Waals surface area contributed by atoms with Crippen molar-refractivity contribution in [1.82, 2.24) is 5.32 Å². The van der Waals surface area contributed by atoms with Gasteiger partial charge in [0, 0.05) is 23.4 Å². The average Bonchev–Trinajstić information content (AvgIpc) is 2.40. The Morgan fingerprint density at radius 3 is 2.67 bits per heavy atom. The van der Waals surface area contributed by atoms with Gasteiger partial charge in [0.05, 0.1) is 0 Å². The summed E-state index contributed by atoms with van der Waals surface area (Å²) >= 11 is 9.70. The Balaban J connectivity index is 1.83. The Hall–Kier alpha value is -0.0500. The van der Waals surface area contributed by atoms with E-state index in [2.05, 4.69) is 45.5 Å². The number of alkyl halides is 1. The lowest BCUT2D eigenvalue weighted by atomic mass is 9.75. The van der Waals surface area contributed by atoms with Crippen molar-refractivity contribution in [3.63, 3.8) is 0 Å². The third-order valence-electron chi connectivity index (χ3n) is 3.92. The lowest BCUT2D eigenvalue weighted by Crippen LogP contribution is -2.37. The van der Waals surface area contributed by atoms with E-state index in [9.17, 15) is 0 Å². The molecule has 1 fully saturated rings. The number of hydrogen-bond donors (Lipinski definition) is 1. The maximum atomic E-state index is 6.20. The zero-order valence-electron chi connectivity index (χ0n) is 10.7. The Bertz CT molecular complexity index is 375. The minimum Gasteiger partial charge on any atom is -0.312 e. The molecule has 0 saturated heterocycles. The third kappa shape index (κ3) is 3.97. The summed E-state index contributed by atoms with van der Waals surface area (Å²) < 4.78 is 1.14. The fourth-order valence-electron chi connectivity index (χ4n) is 2.78. The topological polar surface area (TPSA) is 12.0 Å². The maximum absolute atomic E-state index is 6.20. The Labute approximate surface area is 123 Å². The summed E-state index contributed by atoms with van der Waals surface area (Å²) in [4.78, 5) is 0. The summed E-state index contributed by atoms with van der Waals surface area (Å²) in [6, 6.07) is 8.47. The molecule has 0 bridgehead atoms. The molecule has 0 amide bonds. The van der Waals surface area contributed by atoms with E-state index in [1.54, 1.807) is 0 Å². The monoisotopic (exact) mass is 329 g/mol. The lowest BCUT2D eigenvalue weighted by molar-refractivity contribution is 0.212. The second kappa shape index (κ2) is 6.93. The van der Waals surface area contributed by atoms with Crippen LogP contribution in [0.4, 0.5) is 0 Å². The van der Waals surface area contributed by atoms with Gasteiger partial charge in [-0.15, -0.1) is 11.6 Å². The molecule has 0 aliphatic heterocycles. The number of halogens is 2. The highest BCUT2D eigenvalue weighted by molar-refractivity contribution is 9.10. The van der Waals surface area contributed by atoms with Gasteiger partial charge in [0.2, 0.25) is 0 Å². The van der Waals surface area contributed by atoms with Crippen LogP contribution >= 0.6 is 27.5 Å². The van der Waals surface area contributed by atoms with Crippen molar-refractivity contribution in [3.8, 4) is 0 Å². The van der Waals surface area contributed by atoms with Crippen molar-refractivity contribution in [2.24, 2.45) is 5.41 Å². The van der Waals surface area contributed by atoms with Crippen molar-refractivity contribution >= 4 is 27.5 Å². The van der Waals surface area contributed by atoms with Crippen LogP contribution in [0, 0.1) is 5.41 Å². The Kier molecular flexibility index (Phi) is 5.53. The van der Waals surface area contributed by atoms with Gasteiger partial charge < -0.3 is 5.32 Å². The predicted octanol–water partition coefficient (Wildman–Crippen LogP) is 4.73. The van der Waals surface area contributed by atoms with Gasteiger partial charge in [-0.1, -0.05) is 47.3 Å². The van der Waals surface area contributed by atoms with Crippen molar-refractivity contribution in [2.75, 3.05) is 12.4 Å². The smallest absolute Gasteiger partial charge is 0.0292 e. The second-order valence-corrected chi connectivity index (χ2v) is 6.61. The van der Waals surface area contributed by atoms with Crippen LogP contribution in [0.1, 0.15) is 37.7 Å². The molecule has 0 radical (unpaired) electrons. The van der Waals surface area contributed by atoms with E-state index in [0.717, 1.165) is 23.4 Å². The van der Waals surface area contributed by atoms with E-state index in [1.807, 2.05) is 0 Å². The minimum absolute atomic E-state index is 0.339. The number of nitrogens with one attached hydrogen (secondary N) is 1. The molecule has 1 aromatic rings. The Morgan fingerprint density at radius 2 is 2.00 bits per heavy atom. The summed E-state index contributed by atoms with van der Waals surface area (Å²) in [6.45, 7) is 1.97. The molecule has 0 atom stereocenters. The highest BCUT2D eigenvalue weighted by Crippen LogP contribution is 2.36. The molecular formula is C15H21BrClN. The summed E-state index contributed by atoms with van der Waals surface area (Å²) in [5, 5.41) is 3.59. The van der Waals surface area contributed by atoms with Gasteiger partial charge in [-0.3, -0.25) is 0 Å². The maximum Gasteiger partial charge on any atom is 0.0292 e. The molecule has 3 heteroatoms. The van der Waals surface area contributed by atoms with Gasteiger partial charge in [0.1, 0.15) is 0 Å². The molecule has 0 spiro atoms. The molecule has 1 N–H and O–H groups in total. The molecule has 18 heavy (non-hydrogen) atoms. The molecule has 1 aliphatic rings. The van der Waals surface area contributed by atoms with E-state index in [0.29, 0.717) is 5.41 Å². The second-order valence-electron chi connectivity index (χ2n) is 5.43. The molecule has 100 valence electrons. The van der Waals surface area contributed by atoms with Gasteiger partial charge in [0.25, 0.3) is 0 Å². The van der Waals surface area contributed by atoms with E-state index in [4.69, 9.17) is 11.6 Å². The number of rotatable bonds is 5. The van der Waals surface area contributed by atoms with Crippen molar-refractivity contribution in [2.45, 2.75) is 38.6 Å². The molecule has 0 aromatic heterocycles. The van der Waals surface area contributed by atoms with Crippen LogP contribution in [0.5, 0.6) is 0 Å². The highest BCUT2D eigenvalue weighted by atomic mass is 79.9. The fourth-order valence-corrected chi connectivity index (χ4v) is 3.59. The quantitative estimate of drug-likeness (QED) is 0.770. The molecule has 1 aliphatic carbocycles. The first-order valence-corrected chi connectivity index (χ1v) is 8.08. The van der Waals surface area contributed by atoms with E-state index < -0.39 is 0 Å². The summed E-state index contributed by atoms with van der Waals surface area (Å²) in [5.41, 5.74) is 1.66. The molecule has 1 saturated carbocycles. The SMILES string of the molecule is ClCC1(CNCc2cccc(Br)c2)CCCCC1. The number of hydrogen-bond acceptors (Lipinski definition) is 1. The molecular weight excluding hydrogens is 310 g/mol. The lowest BCUT2D eigenvalue weighted by Gasteiger charge is -2.35. The Morgan fingerprint density at radius 1 is 1.22 bits per heavy atom. The minimum atomic E-state index is 0.339. The third-order valence-corrected chi connectivity index (χ3v) is 4.98. The highest BCUT2D eigenvalue weighted by Gasteiger charge is 2.30. The largest absolute Gasteiger partial charge is 0.312 e. The van der Waals surface area contributed by atoms with E-state index >= 15 is 0 Å². The first kappa shape index (κ1) is 14.4. The van der Waals surface area contributed by atoms with Crippen molar-refractivity contribution < 1.29 is 0 Å². The summed E-state index contributed by atoms with van der Waals surface area (Å²) in [6.07, 6.45) is 6.62. The van der Waals surface area contributed by atoms with Crippen LogP contribution in [0.25, 0.3) is 0 Å². The zero-order valence-corrected chi connectivity index (χ0v) is 13.1. The zero-order chi connectivity index (χ0) is 12.8. The van der Waals surface area contributed by atoms with Gasteiger partial charge in [-0.05, 0) is 36.0 Å². The van der Waals surface area contributed by atoms with Crippen molar-refractivity contribution in [1.29, 1.82) is 0 Å². The van der Waals surface area contributed by atoms with Crippen molar-refractivity contribution in [3.05, 3.63) is 34.3 Å². The summed E-state index contributed by atoms with van der Waals surface area (Å²) in [7, 11) is 0. The fraction of sp³-hybridized carbons (Fsp3) is 0.600. The van der Waals surface area contributed by atoms with Crippen LogP contribution in [-0.4, -0.2) is 12.4 Å². The molecule has 1 nitrogen and oxygen atoms in total. The standard InChI is InChI=1S/C15H21BrClN/c16-14-6-4-5-13(9-14)10-18-12-15(11-17)7-2-1-3-8-15/h4-6,9,18H,1-3,7-8,10-12H2. The average molecular weight is 331 g/mol. The van der Waals surface area contributed by atoms with Gasteiger partial charge in [-0.2, -0.15) is 0 Å². The van der Waals surface area contributed by atoms with Gasteiger partial charge >= 0.3 is 0 Å². The van der Waals surface area contributed by atoms with E-state index in [-0.39, 0.29) is 0 Å². The van der Waals surface area contributed by atoms with Crippen LogP contribution in [0.15, 0.2) is 28.7 Å². The normalized spacial score (nSPS) is 18.8. The first-order chi connectivity index (χ1) is 8.74. The molecule has 0 heterocycles. The first-order valence-electron chi connectivity index (χ1n) is 6.75. The molecule has 1 aromatic carbocycles. The van der Waals surface area contributed by atoms with Crippen LogP contribution in [-0.2, 0) is 6.54 Å².